The Labute approximate surface area is 224 Å². The molecule has 0 fully saturated rings. The minimum Gasteiger partial charge on any atom is -0.485 e. The second-order valence-electron chi connectivity index (χ2n) is 10.0. The SMILES string of the molecule is C1=CC(C2=CC3Oc4cc(-c5ccccc5)ccc4C3C(N(c3ccccc3)c3ccccc3)=C2)=CCC1. The predicted octanol–water partition coefficient (Wildman–Crippen LogP) is 9.14. The van der Waals surface area contributed by atoms with Crippen LogP contribution in [0.5, 0.6) is 5.75 Å². The topological polar surface area (TPSA) is 12.5 Å². The highest BCUT2D eigenvalue weighted by atomic mass is 16.5. The predicted molar refractivity (Wildman–Crippen MR) is 157 cm³/mol. The van der Waals surface area contributed by atoms with Crippen LogP contribution in [-0.4, -0.2) is 6.10 Å². The molecule has 2 nitrogen and oxygen atoms in total. The van der Waals surface area contributed by atoms with Crippen molar-refractivity contribution in [2.24, 2.45) is 0 Å². The molecule has 38 heavy (non-hydrogen) atoms. The number of fused-ring (bicyclic) bond motifs is 3. The second-order valence-corrected chi connectivity index (χ2v) is 10.0. The highest BCUT2D eigenvalue weighted by Gasteiger charge is 2.41. The first-order valence-corrected chi connectivity index (χ1v) is 13.4. The molecule has 1 aliphatic heterocycles. The van der Waals surface area contributed by atoms with Gasteiger partial charge in [-0.05, 0) is 77.6 Å². The van der Waals surface area contributed by atoms with Gasteiger partial charge in [-0.3, -0.25) is 0 Å². The third-order valence-electron chi connectivity index (χ3n) is 7.63. The molecule has 2 unspecified atom stereocenters. The minimum absolute atomic E-state index is 0.0721. The van der Waals surface area contributed by atoms with Crippen LogP contribution in [0.15, 0.2) is 156 Å². The highest BCUT2D eigenvalue weighted by molar-refractivity contribution is 5.74. The van der Waals surface area contributed by atoms with Crippen molar-refractivity contribution < 1.29 is 4.74 Å². The summed E-state index contributed by atoms with van der Waals surface area (Å²) >= 11 is 0. The Balaban J connectivity index is 1.39. The smallest absolute Gasteiger partial charge is 0.130 e. The molecule has 0 bridgehead atoms. The van der Waals surface area contributed by atoms with Crippen molar-refractivity contribution in [2.75, 3.05) is 4.90 Å². The van der Waals surface area contributed by atoms with Crippen molar-refractivity contribution >= 4 is 11.4 Å². The fraction of sp³-hybridized carbons (Fsp3) is 0.111. The molecule has 0 aromatic heterocycles. The maximum atomic E-state index is 6.75. The highest BCUT2D eigenvalue weighted by Crippen LogP contribution is 2.50. The molecular weight excluding hydrogens is 462 g/mol. The van der Waals surface area contributed by atoms with Crippen LogP contribution in [0.25, 0.3) is 11.1 Å². The molecule has 2 heteroatoms. The van der Waals surface area contributed by atoms with Crippen molar-refractivity contribution in [2.45, 2.75) is 24.9 Å². The molecule has 3 aliphatic rings. The van der Waals surface area contributed by atoms with Gasteiger partial charge in [-0.25, -0.2) is 0 Å². The molecule has 2 atom stereocenters. The van der Waals surface area contributed by atoms with Crippen LogP contribution < -0.4 is 9.64 Å². The zero-order valence-electron chi connectivity index (χ0n) is 21.2. The Morgan fingerprint density at radius 2 is 1.34 bits per heavy atom. The number of allylic oxidation sites excluding steroid dienone is 6. The summed E-state index contributed by atoms with van der Waals surface area (Å²) in [6.45, 7) is 0. The molecule has 0 spiro atoms. The number of nitrogens with zero attached hydrogens (tertiary/aromatic N) is 1. The number of ether oxygens (including phenoxy) is 1. The summed E-state index contributed by atoms with van der Waals surface area (Å²) in [6.07, 6.45) is 13.7. The summed E-state index contributed by atoms with van der Waals surface area (Å²) in [4.78, 5) is 2.40. The van der Waals surface area contributed by atoms with Crippen molar-refractivity contribution in [1.82, 2.24) is 0 Å². The lowest BCUT2D eigenvalue weighted by Crippen LogP contribution is -2.30. The van der Waals surface area contributed by atoms with E-state index in [0.717, 1.165) is 30.0 Å². The van der Waals surface area contributed by atoms with Gasteiger partial charge in [0, 0.05) is 22.6 Å². The zero-order valence-corrected chi connectivity index (χ0v) is 21.2. The normalized spacial score (nSPS) is 19.4. The number of hydrogen-bond donors (Lipinski definition) is 0. The van der Waals surface area contributed by atoms with E-state index in [2.05, 4.69) is 144 Å². The van der Waals surface area contributed by atoms with Gasteiger partial charge in [-0.15, -0.1) is 0 Å². The number of hydrogen-bond acceptors (Lipinski definition) is 2. The van der Waals surface area contributed by atoms with Gasteiger partial charge < -0.3 is 9.64 Å². The standard InChI is InChI=1S/C36H29NO/c1-5-13-26(14-6-1)28-21-22-32-34(24-28)38-35-25-29(27-15-7-2-8-16-27)23-33(36(32)35)37(30-17-9-3-10-18-30)31-19-11-4-12-20-31/h1,3-7,9-25,35-36H,2,8H2. The molecule has 0 saturated heterocycles. The van der Waals surface area contributed by atoms with Crippen LogP contribution in [0, 0.1) is 0 Å². The summed E-state index contributed by atoms with van der Waals surface area (Å²) in [5, 5.41) is 0. The fourth-order valence-corrected chi connectivity index (χ4v) is 5.84. The van der Waals surface area contributed by atoms with Gasteiger partial charge in [0.15, 0.2) is 0 Å². The first-order valence-electron chi connectivity index (χ1n) is 13.4. The molecule has 0 amide bonds. The van der Waals surface area contributed by atoms with Crippen LogP contribution in [0.1, 0.15) is 24.3 Å². The fourth-order valence-electron chi connectivity index (χ4n) is 5.84. The van der Waals surface area contributed by atoms with Gasteiger partial charge in [0.05, 0.1) is 5.92 Å². The minimum atomic E-state index is -0.0721. The van der Waals surface area contributed by atoms with E-state index < -0.39 is 0 Å². The third kappa shape index (κ3) is 4.09. The number of para-hydroxylation sites is 2. The van der Waals surface area contributed by atoms with Gasteiger partial charge in [0.2, 0.25) is 0 Å². The van der Waals surface area contributed by atoms with Crippen LogP contribution in [0.2, 0.25) is 0 Å². The summed E-state index contributed by atoms with van der Waals surface area (Å²) in [5.74, 6) is 1.06. The average molecular weight is 492 g/mol. The van der Waals surface area contributed by atoms with E-state index in [4.69, 9.17) is 4.74 Å². The van der Waals surface area contributed by atoms with E-state index in [-0.39, 0.29) is 12.0 Å². The van der Waals surface area contributed by atoms with E-state index in [1.165, 1.54) is 33.5 Å². The van der Waals surface area contributed by atoms with Gasteiger partial charge in [-0.1, -0.05) is 97.1 Å². The summed E-state index contributed by atoms with van der Waals surface area (Å²) in [6, 6.07) is 38.6. The Bertz CT molecular complexity index is 1540. The van der Waals surface area contributed by atoms with Crippen molar-refractivity contribution in [3.63, 3.8) is 0 Å². The van der Waals surface area contributed by atoms with Crippen LogP contribution >= 0.6 is 0 Å². The maximum Gasteiger partial charge on any atom is 0.130 e. The van der Waals surface area contributed by atoms with Crippen molar-refractivity contribution in [1.29, 1.82) is 0 Å². The van der Waals surface area contributed by atoms with E-state index in [0.29, 0.717) is 0 Å². The monoisotopic (exact) mass is 491 g/mol. The van der Waals surface area contributed by atoms with Crippen LogP contribution in [0.4, 0.5) is 11.4 Å². The summed E-state index contributed by atoms with van der Waals surface area (Å²) < 4.78 is 6.75. The van der Waals surface area contributed by atoms with E-state index in [1.807, 2.05) is 0 Å². The lowest BCUT2D eigenvalue weighted by atomic mass is 9.82. The van der Waals surface area contributed by atoms with E-state index in [1.54, 1.807) is 0 Å². The van der Waals surface area contributed by atoms with Gasteiger partial charge in [0.25, 0.3) is 0 Å². The number of rotatable bonds is 5. The first kappa shape index (κ1) is 22.6. The molecule has 4 aromatic rings. The molecule has 0 radical (unpaired) electrons. The first-order chi connectivity index (χ1) is 18.8. The van der Waals surface area contributed by atoms with Gasteiger partial charge >= 0.3 is 0 Å². The summed E-state index contributed by atoms with van der Waals surface area (Å²) in [5.41, 5.74) is 9.65. The Morgan fingerprint density at radius 3 is 2.00 bits per heavy atom. The number of benzene rings is 4. The number of anilines is 2. The largest absolute Gasteiger partial charge is 0.485 e. The third-order valence-corrected chi connectivity index (χ3v) is 7.63. The zero-order chi connectivity index (χ0) is 25.3. The van der Waals surface area contributed by atoms with E-state index >= 15 is 0 Å². The Hall–Kier alpha value is -4.56. The average Bonchev–Trinajstić information content (AvgIpc) is 3.37. The van der Waals surface area contributed by atoms with Crippen LogP contribution in [0.3, 0.4) is 0 Å². The maximum absolute atomic E-state index is 6.75. The Kier molecular flexibility index (Phi) is 5.79. The van der Waals surface area contributed by atoms with Crippen molar-refractivity contribution in [3.05, 3.63) is 162 Å². The molecule has 184 valence electrons. The van der Waals surface area contributed by atoms with E-state index in [9.17, 15) is 0 Å². The molecule has 4 aromatic carbocycles. The lowest BCUT2D eigenvalue weighted by Gasteiger charge is -2.35. The molecular formula is C36H29NO. The van der Waals surface area contributed by atoms with Crippen molar-refractivity contribution in [3.8, 4) is 16.9 Å². The second kappa shape index (κ2) is 9.72. The lowest BCUT2D eigenvalue weighted by molar-refractivity contribution is 0.263. The molecule has 7 rings (SSSR count). The Morgan fingerprint density at radius 1 is 0.658 bits per heavy atom. The molecule has 0 N–H and O–H groups in total. The molecule has 0 saturated carbocycles. The van der Waals surface area contributed by atoms with Crippen LogP contribution in [-0.2, 0) is 0 Å². The van der Waals surface area contributed by atoms with Gasteiger partial charge in [0.1, 0.15) is 11.9 Å². The molecule has 2 aliphatic carbocycles. The molecule has 1 heterocycles. The quantitative estimate of drug-likeness (QED) is 0.276. The summed E-state index contributed by atoms with van der Waals surface area (Å²) in [7, 11) is 0. The van der Waals surface area contributed by atoms with Gasteiger partial charge in [-0.2, -0.15) is 0 Å².